The van der Waals surface area contributed by atoms with E-state index in [0.717, 1.165) is 61.8 Å². The third-order valence-electron chi connectivity index (χ3n) is 14.9. The highest BCUT2D eigenvalue weighted by atomic mass is 16.5. The quantitative estimate of drug-likeness (QED) is 0.268. The predicted octanol–water partition coefficient (Wildman–Crippen LogP) is 8.30. The maximum Gasteiger partial charge on any atom is 0.317 e. The van der Waals surface area contributed by atoms with Gasteiger partial charge in [0, 0.05) is 11.0 Å². The smallest absolute Gasteiger partial charge is 0.317 e. The first-order chi connectivity index (χ1) is 21.2. The molecule has 6 nitrogen and oxygen atoms in total. The molecule has 5 aliphatic rings. The number of carbonyl (C=O) groups excluding carboxylic acids is 1. The van der Waals surface area contributed by atoms with Gasteiger partial charge in [0.15, 0.2) is 0 Å². The summed E-state index contributed by atoms with van der Waals surface area (Å²) < 4.78 is 6.20. The second-order valence-corrected chi connectivity index (χ2v) is 16.9. The zero-order chi connectivity index (χ0) is 32.2. The van der Waals surface area contributed by atoms with E-state index in [1.807, 2.05) is 30.3 Å². The van der Waals surface area contributed by atoms with Gasteiger partial charge in [-0.1, -0.05) is 90.4 Å². The Balaban J connectivity index is 1.28. The molecule has 0 unspecified atom stereocenters. The molecule has 1 aromatic heterocycles. The molecule has 3 fully saturated rings. The van der Waals surface area contributed by atoms with Crippen molar-refractivity contribution in [2.24, 2.45) is 51.2 Å². The van der Waals surface area contributed by atoms with E-state index in [1.54, 1.807) is 0 Å². The number of ether oxygens (including phenoxy) is 1. The standard InChI is InChI=1S/C39H52N2O4/c1-23-15-18-39(33(43)45-22-25-11-9-8-10-12-25)20-19-37(6)27(30(39)24(23)2)13-14-29-36(5)21-26-31(40-34(44)41-32(26)42)35(3,4)28(36)16-17-38(29,37)7/h8-13,23-24,28-30H,14-22H2,1-7H3,(H2,40,41,42,44)/t23-,24+,28+,29-,30+,36+,37-,38-,39+/m1/s1. The lowest BCUT2D eigenvalue weighted by atomic mass is 9.33. The topological polar surface area (TPSA) is 92.5 Å². The number of rotatable bonds is 3. The summed E-state index contributed by atoms with van der Waals surface area (Å²) in [4.78, 5) is 22.8. The SMILES string of the molecule is C[C@H]1[C@H](C)CC[C@]2(C(=O)OCc3ccccc3)CC[C@]3(C)C(=CC[C@@H]4[C@@]5(C)Cc6c(O)nc(O)nc6C(C)(C)[C@@H]5CC[C@]43C)[C@H]12. The molecular formula is C39H52N2O4. The first-order valence-electron chi connectivity index (χ1n) is 17.4. The summed E-state index contributed by atoms with van der Waals surface area (Å²) >= 11 is 0. The first kappa shape index (κ1) is 30.7. The fourth-order valence-electron chi connectivity index (χ4n) is 12.2. The van der Waals surface area contributed by atoms with Crippen LogP contribution in [0.3, 0.4) is 0 Å². The van der Waals surface area contributed by atoms with E-state index in [-0.39, 0.29) is 45.4 Å². The molecule has 1 heterocycles. The van der Waals surface area contributed by atoms with Crippen molar-refractivity contribution in [1.82, 2.24) is 9.97 Å². The lowest BCUT2D eigenvalue weighted by Gasteiger charge is -2.70. The van der Waals surface area contributed by atoms with Crippen molar-refractivity contribution in [2.45, 2.75) is 112 Å². The second-order valence-electron chi connectivity index (χ2n) is 16.9. The van der Waals surface area contributed by atoms with Gasteiger partial charge >= 0.3 is 12.0 Å². The van der Waals surface area contributed by atoms with Crippen molar-refractivity contribution in [1.29, 1.82) is 0 Å². The Kier molecular flexibility index (Phi) is 6.87. The maximum atomic E-state index is 14.3. The van der Waals surface area contributed by atoms with Gasteiger partial charge in [0.05, 0.1) is 11.1 Å². The number of aromatic nitrogens is 2. The molecule has 9 atom stereocenters. The molecule has 242 valence electrons. The Labute approximate surface area is 269 Å². The molecular weight excluding hydrogens is 560 g/mol. The number of aromatic hydroxyl groups is 2. The molecule has 5 aliphatic carbocycles. The molecule has 2 N–H and O–H groups in total. The summed E-state index contributed by atoms with van der Waals surface area (Å²) in [5, 5.41) is 21.2. The van der Waals surface area contributed by atoms with Crippen molar-refractivity contribution >= 4 is 5.97 Å². The first-order valence-corrected chi connectivity index (χ1v) is 17.4. The number of allylic oxidation sites excluding steroid dienone is 2. The van der Waals surface area contributed by atoms with Crippen LogP contribution in [-0.4, -0.2) is 26.2 Å². The zero-order valence-electron chi connectivity index (χ0n) is 28.3. The number of fused-ring (bicyclic) bond motifs is 8. The summed E-state index contributed by atoms with van der Waals surface area (Å²) in [6.07, 6.45) is 10.3. The summed E-state index contributed by atoms with van der Waals surface area (Å²) in [7, 11) is 0. The second kappa shape index (κ2) is 10.1. The molecule has 6 heteroatoms. The van der Waals surface area contributed by atoms with Crippen molar-refractivity contribution in [3.63, 3.8) is 0 Å². The van der Waals surface area contributed by atoms with Crippen LogP contribution in [-0.2, 0) is 28.0 Å². The van der Waals surface area contributed by atoms with E-state index in [0.29, 0.717) is 36.7 Å². The van der Waals surface area contributed by atoms with Gasteiger partial charge in [-0.3, -0.25) is 4.79 Å². The molecule has 3 saturated carbocycles. The van der Waals surface area contributed by atoms with E-state index in [4.69, 9.17) is 4.74 Å². The predicted molar refractivity (Wildman–Crippen MR) is 174 cm³/mol. The number of nitrogens with zero attached hydrogens (tertiary/aromatic N) is 2. The van der Waals surface area contributed by atoms with Crippen molar-refractivity contribution in [3.8, 4) is 11.9 Å². The van der Waals surface area contributed by atoms with E-state index in [2.05, 4.69) is 64.5 Å². The molecule has 1 aromatic carbocycles. The lowest BCUT2D eigenvalue weighted by Crippen LogP contribution is -2.65. The van der Waals surface area contributed by atoms with Crippen LogP contribution in [0.1, 0.15) is 110 Å². The Morgan fingerprint density at radius 3 is 2.40 bits per heavy atom. The molecule has 45 heavy (non-hydrogen) atoms. The molecule has 7 rings (SSSR count). The Hall–Kier alpha value is -2.89. The van der Waals surface area contributed by atoms with Gasteiger partial charge in [0.2, 0.25) is 5.88 Å². The fraction of sp³-hybridized carbons (Fsp3) is 0.667. The van der Waals surface area contributed by atoms with E-state index >= 15 is 0 Å². The minimum Gasteiger partial charge on any atom is -0.493 e. The molecule has 0 saturated heterocycles. The number of hydrogen-bond acceptors (Lipinski definition) is 6. The van der Waals surface area contributed by atoms with Crippen LogP contribution in [0.5, 0.6) is 11.9 Å². The van der Waals surface area contributed by atoms with Crippen LogP contribution in [0.25, 0.3) is 0 Å². The monoisotopic (exact) mass is 612 g/mol. The van der Waals surface area contributed by atoms with Gasteiger partial charge in [0.25, 0.3) is 0 Å². The van der Waals surface area contributed by atoms with Crippen molar-refractivity contribution in [2.75, 3.05) is 0 Å². The molecule has 0 spiro atoms. The van der Waals surface area contributed by atoms with Crippen LogP contribution in [0.4, 0.5) is 0 Å². The zero-order valence-corrected chi connectivity index (χ0v) is 28.3. The number of benzene rings is 1. The molecule has 2 aromatic rings. The van der Waals surface area contributed by atoms with Gasteiger partial charge in [-0.2, -0.15) is 9.97 Å². The molecule has 0 amide bonds. The largest absolute Gasteiger partial charge is 0.493 e. The normalized spacial score (nSPS) is 41.3. The third-order valence-corrected chi connectivity index (χ3v) is 14.9. The summed E-state index contributed by atoms with van der Waals surface area (Å²) in [5.74, 6) is 1.86. The summed E-state index contributed by atoms with van der Waals surface area (Å²) in [5.41, 5.74) is 3.36. The minimum absolute atomic E-state index is 0.00497. The van der Waals surface area contributed by atoms with Crippen molar-refractivity contribution < 1.29 is 19.7 Å². The molecule has 0 radical (unpaired) electrons. The Bertz CT molecular complexity index is 1550. The van der Waals surface area contributed by atoms with Gasteiger partial charge in [-0.15, -0.1) is 0 Å². The molecule has 0 bridgehead atoms. The number of esters is 1. The van der Waals surface area contributed by atoms with Crippen LogP contribution in [0.15, 0.2) is 42.0 Å². The van der Waals surface area contributed by atoms with Gasteiger partial charge < -0.3 is 14.9 Å². The maximum absolute atomic E-state index is 14.3. The van der Waals surface area contributed by atoms with Crippen molar-refractivity contribution in [3.05, 3.63) is 58.8 Å². The van der Waals surface area contributed by atoms with Gasteiger partial charge in [0.1, 0.15) is 6.61 Å². The average molecular weight is 613 g/mol. The van der Waals surface area contributed by atoms with Gasteiger partial charge in [-0.05, 0) is 103 Å². The summed E-state index contributed by atoms with van der Waals surface area (Å²) in [6, 6.07) is 9.73. The van der Waals surface area contributed by atoms with E-state index in [9.17, 15) is 15.0 Å². The van der Waals surface area contributed by atoms with Crippen LogP contribution in [0.2, 0.25) is 0 Å². The van der Waals surface area contributed by atoms with Crippen LogP contribution in [0, 0.1) is 51.2 Å². The minimum atomic E-state index is -0.465. The van der Waals surface area contributed by atoms with Gasteiger partial charge in [-0.25, -0.2) is 0 Å². The average Bonchev–Trinajstić information content (AvgIpc) is 2.99. The fourth-order valence-corrected chi connectivity index (χ4v) is 12.2. The highest BCUT2D eigenvalue weighted by Crippen LogP contribution is 2.75. The molecule has 0 aliphatic heterocycles. The third kappa shape index (κ3) is 4.08. The van der Waals surface area contributed by atoms with Crippen LogP contribution >= 0.6 is 0 Å². The Morgan fingerprint density at radius 2 is 1.67 bits per heavy atom. The lowest BCUT2D eigenvalue weighted by molar-refractivity contribution is -0.184. The highest BCUT2D eigenvalue weighted by Gasteiger charge is 2.69. The summed E-state index contributed by atoms with van der Waals surface area (Å²) in [6.45, 7) is 17.1. The van der Waals surface area contributed by atoms with E-state index in [1.165, 1.54) is 5.57 Å². The highest BCUT2D eigenvalue weighted by molar-refractivity contribution is 5.79. The van der Waals surface area contributed by atoms with Crippen LogP contribution < -0.4 is 0 Å². The number of hydrogen-bond donors (Lipinski definition) is 2. The Morgan fingerprint density at radius 1 is 0.933 bits per heavy atom. The van der Waals surface area contributed by atoms with E-state index < -0.39 is 5.41 Å². The number of carbonyl (C=O) groups is 1.